The Morgan fingerprint density at radius 1 is 1.62 bits per heavy atom. The second kappa shape index (κ2) is 4.94. The van der Waals surface area contributed by atoms with Crippen LogP contribution in [0, 0.1) is 5.92 Å². The quantitative estimate of drug-likeness (QED) is 0.666. The van der Waals surface area contributed by atoms with E-state index < -0.39 is 0 Å². The van der Waals surface area contributed by atoms with Crippen molar-refractivity contribution in [2.45, 2.75) is 32.2 Å². The van der Waals surface area contributed by atoms with Crippen molar-refractivity contribution >= 4 is 0 Å². The summed E-state index contributed by atoms with van der Waals surface area (Å²) in [7, 11) is 0. The monoisotopic (exact) mass is 186 g/mol. The highest BCUT2D eigenvalue weighted by molar-refractivity contribution is 4.92. The number of nitrogens with one attached hydrogen (secondary N) is 1. The minimum atomic E-state index is 0.0759. The van der Waals surface area contributed by atoms with Crippen LogP contribution in [0.15, 0.2) is 0 Å². The van der Waals surface area contributed by atoms with E-state index >= 15 is 0 Å². The summed E-state index contributed by atoms with van der Waals surface area (Å²) in [6.45, 7) is 7.89. The van der Waals surface area contributed by atoms with E-state index in [4.69, 9.17) is 10.5 Å². The van der Waals surface area contributed by atoms with Crippen LogP contribution < -0.4 is 11.1 Å². The normalized spacial score (nSPS) is 27.5. The van der Waals surface area contributed by atoms with Crippen LogP contribution in [0.5, 0.6) is 0 Å². The van der Waals surface area contributed by atoms with Crippen molar-refractivity contribution in [2.24, 2.45) is 11.7 Å². The van der Waals surface area contributed by atoms with Crippen molar-refractivity contribution in [3.63, 3.8) is 0 Å². The Kier molecular flexibility index (Phi) is 4.16. The average Bonchev–Trinajstić information content (AvgIpc) is 2.67. The molecule has 78 valence electrons. The third kappa shape index (κ3) is 2.66. The molecule has 0 radical (unpaired) electrons. The molecule has 3 N–H and O–H groups in total. The molecule has 13 heavy (non-hydrogen) atoms. The molecule has 1 heterocycles. The SMILES string of the molecule is CCCNC(C)(CN)C1CCOC1. The maximum absolute atomic E-state index is 5.81. The molecule has 0 aliphatic carbocycles. The first kappa shape index (κ1) is 11.0. The van der Waals surface area contributed by atoms with E-state index in [2.05, 4.69) is 19.2 Å². The molecule has 2 atom stereocenters. The van der Waals surface area contributed by atoms with Crippen molar-refractivity contribution in [1.29, 1.82) is 0 Å². The molecule has 0 saturated carbocycles. The number of nitrogens with two attached hydrogens (primary N) is 1. The minimum absolute atomic E-state index is 0.0759. The molecular weight excluding hydrogens is 164 g/mol. The van der Waals surface area contributed by atoms with E-state index in [1.165, 1.54) is 0 Å². The lowest BCUT2D eigenvalue weighted by atomic mass is 9.85. The summed E-state index contributed by atoms with van der Waals surface area (Å²) in [5, 5.41) is 3.53. The van der Waals surface area contributed by atoms with E-state index in [1.54, 1.807) is 0 Å². The summed E-state index contributed by atoms with van der Waals surface area (Å²) >= 11 is 0. The van der Waals surface area contributed by atoms with Crippen LogP contribution in [0.2, 0.25) is 0 Å². The first-order chi connectivity index (χ1) is 6.23. The van der Waals surface area contributed by atoms with Crippen LogP contribution in [0.1, 0.15) is 26.7 Å². The van der Waals surface area contributed by atoms with Crippen molar-refractivity contribution in [2.75, 3.05) is 26.3 Å². The average molecular weight is 186 g/mol. The highest BCUT2D eigenvalue weighted by atomic mass is 16.5. The fraction of sp³-hybridized carbons (Fsp3) is 1.00. The lowest BCUT2D eigenvalue weighted by Crippen LogP contribution is -2.54. The molecule has 1 aliphatic rings. The smallest absolute Gasteiger partial charge is 0.0513 e. The molecule has 0 aromatic carbocycles. The van der Waals surface area contributed by atoms with Crippen molar-refractivity contribution in [1.82, 2.24) is 5.32 Å². The van der Waals surface area contributed by atoms with Crippen LogP contribution in [0.4, 0.5) is 0 Å². The van der Waals surface area contributed by atoms with Crippen LogP contribution in [0.25, 0.3) is 0 Å². The molecular formula is C10H22N2O. The summed E-state index contributed by atoms with van der Waals surface area (Å²) in [4.78, 5) is 0. The molecule has 1 rings (SSSR count). The Hall–Kier alpha value is -0.120. The molecule has 0 amide bonds. The van der Waals surface area contributed by atoms with E-state index in [0.717, 1.165) is 32.6 Å². The Balaban J connectivity index is 2.45. The number of rotatable bonds is 5. The van der Waals surface area contributed by atoms with Crippen molar-refractivity contribution in [3.8, 4) is 0 Å². The van der Waals surface area contributed by atoms with Gasteiger partial charge in [0.1, 0.15) is 0 Å². The van der Waals surface area contributed by atoms with Gasteiger partial charge in [-0.1, -0.05) is 6.92 Å². The molecule has 0 aromatic heterocycles. The highest BCUT2D eigenvalue weighted by Crippen LogP contribution is 2.24. The topological polar surface area (TPSA) is 47.3 Å². The Labute approximate surface area is 81.0 Å². The summed E-state index contributed by atoms with van der Waals surface area (Å²) in [6, 6.07) is 0. The molecule has 3 heteroatoms. The molecule has 0 spiro atoms. The van der Waals surface area contributed by atoms with Gasteiger partial charge in [-0.2, -0.15) is 0 Å². The maximum Gasteiger partial charge on any atom is 0.0513 e. The van der Waals surface area contributed by atoms with Gasteiger partial charge in [-0.25, -0.2) is 0 Å². The van der Waals surface area contributed by atoms with Gasteiger partial charge in [0.25, 0.3) is 0 Å². The number of ether oxygens (including phenoxy) is 1. The zero-order valence-electron chi connectivity index (χ0n) is 8.81. The lowest BCUT2D eigenvalue weighted by molar-refractivity contribution is 0.155. The zero-order chi connectivity index (χ0) is 9.73. The predicted octanol–water partition coefficient (Wildman–Crippen LogP) is 0.740. The first-order valence-electron chi connectivity index (χ1n) is 5.25. The van der Waals surface area contributed by atoms with Crippen LogP contribution in [0.3, 0.4) is 0 Å². The van der Waals surface area contributed by atoms with Crippen molar-refractivity contribution in [3.05, 3.63) is 0 Å². The Morgan fingerprint density at radius 3 is 2.85 bits per heavy atom. The predicted molar refractivity (Wildman–Crippen MR) is 54.7 cm³/mol. The molecule has 1 aliphatic heterocycles. The molecule has 2 unspecified atom stereocenters. The Bertz CT molecular complexity index is 146. The Morgan fingerprint density at radius 2 is 2.38 bits per heavy atom. The summed E-state index contributed by atoms with van der Waals surface area (Å²) < 4.78 is 5.39. The van der Waals surface area contributed by atoms with Gasteiger partial charge < -0.3 is 15.8 Å². The molecule has 0 aromatic rings. The van der Waals surface area contributed by atoms with Gasteiger partial charge in [0.15, 0.2) is 0 Å². The second-order valence-electron chi connectivity index (χ2n) is 4.11. The summed E-state index contributed by atoms with van der Waals surface area (Å²) in [5.41, 5.74) is 5.89. The third-order valence-corrected chi connectivity index (χ3v) is 3.03. The van der Waals surface area contributed by atoms with Crippen LogP contribution in [-0.2, 0) is 4.74 Å². The minimum Gasteiger partial charge on any atom is -0.381 e. The fourth-order valence-electron chi connectivity index (χ4n) is 1.83. The number of hydrogen-bond acceptors (Lipinski definition) is 3. The second-order valence-corrected chi connectivity index (χ2v) is 4.11. The maximum atomic E-state index is 5.81. The first-order valence-corrected chi connectivity index (χ1v) is 5.25. The van der Waals surface area contributed by atoms with Gasteiger partial charge in [-0.3, -0.25) is 0 Å². The van der Waals surface area contributed by atoms with Gasteiger partial charge in [-0.05, 0) is 26.3 Å². The molecule has 0 bridgehead atoms. The summed E-state index contributed by atoms with van der Waals surface area (Å²) in [6.07, 6.45) is 2.30. The third-order valence-electron chi connectivity index (χ3n) is 3.03. The highest BCUT2D eigenvalue weighted by Gasteiger charge is 2.34. The fourth-order valence-corrected chi connectivity index (χ4v) is 1.83. The van der Waals surface area contributed by atoms with Crippen LogP contribution in [-0.4, -0.2) is 31.8 Å². The molecule has 1 saturated heterocycles. The van der Waals surface area contributed by atoms with E-state index in [-0.39, 0.29) is 5.54 Å². The largest absolute Gasteiger partial charge is 0.381 e. The van der Waals surface area contributed by atoms with E-state index in [0.29, 0.717) is 12.5 Å². The van der Waals surface area contributed by atoms with Crippen molar-refractivity contribution < 1.29 is 4.74 Å². The van der Waals surface area contributed by atoms with Gasteiger partial charge in [-0.15, -0.1) is 0 Å². The van der Waals surface area contributed by atoms with Gasteiger partial charge in [0.2, 0.25) is 0 Å². The van der Waals surface area contributed by atoms with Crippen LogP contribution >= 0.6 is 0 Å². The van der Waals surface area contributed by atoms with Gasteiger partial charge in [0, 0.05) is 24.6 Å². The summed E-state index contributed by atoms with van der Waals surface area (Å²) in [5.74, 6) is 0.587. The van der Waals surface area contributed by atoms with E-state index in [9.17, 15) is 0 Å². The molecule has 1 fully saturated rings. The van der Waals surface area contributed by atoms with Gasteiger partial charge >= 0.3 is 0 Å². The molecule has 3 nitrogen and oxygen atoms in total. The van der Waals surface area contributed by atoms with E-state index in [1.807, 2.05) is 0 Å². The van der Waals surface area contributed by atoms with Gasteiger partial charge in [0.05, 0.1) is 6.61 Å². The zero-order valence-corrected chi connectivity index (χ0v) is 8.81. The standard InChI is InChI=1S/C10H22N2O/c1-3-5-12-10(2,8-11)9-4-6-13-7-9/h9,12H,3-8,11H2,1-2H3. The lowest BCUT2D eigenvalue weighted by Gasteiger charge is -2.34. The number of hydrogen-bond donors (Lipinski definition) is 2.